The molecule has 0 aliphatic carbocycles. The summed E-state index contributed by atoms with van der Waals surface area (Å²) in [6, 6.07) is 11.1. The van der Waals surface area contributed by atoms with Crippen molar-refractivity contribution in [1.82, 2.24) is 10.3 Å². The fraction of sp³-hybridized carbons (Fsp3) is 0.389. The summed E-state index contributed by atoms with van der Waals surface area (Å²) in [5.74, 6) is 0. The Hall–Kier alpha value is -1.67. The highest BCUT2D eigenvalue weighted by molar-refractivity contribution is 5.35. The Kier molecular flexibility index (Phi) is 4.91. The van der Waals surface area contributed by atoms with E-state index >= 15 is 0 Å². The second kappa shape index (κ2) is 6.67. The van der Waals surface area contributed by atoms with E-state index in [1.165, 1.54) is 22.3 Å². The number of aryl methyl sites for hydroxylation is 3. The van der Waals surface area contributed by atoms with Crippen LogP contribution in [0.2, 0.25) is 0 Å². The Morgan fingerprint density at radius 1 is 1.05 bits per heavy atom. The lowest BCUT2D eigenvalue weighted by Crippen LogP contribution is -2.23. The fourth-order valence-corrected chi connectivity index (χ4v) is 2.61. The standard InChI is InChI=1S/C18H24N2/c1-5-19-18(16-10-9-15(4)20-12-16)11-17-13(2)7-6-8-14(17)3/h6-10,12,18-19H,5,11H2,1-4H3. The van der Waals surface area contributed by atoms with Crippen molar-refractivity contribution in [3.8, 4) is 0 Å². The van der Waals surface area contributed by atoms with Crippen molar-refractivity contribution >= 4 is 0 Å². The summed E-state index contributed by atoms with van der Waals surface area (Å²) >= 11 is 0. The van der Waals surface area contributed by atoms with Gasteiger partial charge in [-0.3, -0.25) is 4.98 Å². The van der Waals surface area contributed by atoms with Gasteiger partial charge in [-0.05, 0) is 62.1 Å². The van der Waals surface area contributed by atoms with Gasteiger partial charge in [0.15, 0.2) is 0 Å². The van der Waals surface area contributed by atoms with Gasteiger partial charge in [-0.2, -0.15) is 0 Å². The molecule has 1 unspecified atom stereocenters. The SMILES string of the molecule is CCNC(Cc1c(C)cccc1C)c1ccc(C)nc1. The number of hydrogen-bond acceptors (Lipinski definition) is 2. The minimum atomic E-state index is 0.327. The smallest absolute Gasteiger partial charge is 0.0376 e. The number of likely N-dealkylation sites (N-methyl/N-ethyl adjacent to an activating group) is 1. The van der Waals surface area contributed by atoms with Crippen molar-refractivity contribution in [2.24, 2.45) is 0 Å². The van der Waals surface area contributed by atoms with Crippen LogP contribution in [0.5, 0.6) is 0 Å². The molecule has 0 saturated heterocycles. The van der Waals surface area contributed by atoms with Gasteiger partial charge in [0.2, 0.25) is 0 Å². The molecular formula is C18H24N2. The average Bonchev–Trinajstić information content (AvgIpc) is 2.43. The molecule has 1 atom stereocenters. The minimum Gasteiger partial charge on any atom is -0.310 e. The molecule has 2 nitrogen and oxygen atoms in total. The van der Waals surface area contributed by atoms with E-state index in [0.29, 0.717) is 6.04 Å². The lowest BCUT2D eigenvalue weighted by Gasteiger charge is -2.20. The van der Waals surface area contributed by atoms with Gasteiger partial charge < -0.3 is 5.32 Å². The molecule has 1 N–H and O–H groups in total. The van der Waals surface area contributed by atoms with Crippen molar-refractivity contribution < 1.29 is 0 Å². The Balaban J connectivity index is 2.28. The summed E-state index contributed by atoms with van der Waals surface area (Å²) < 4.78 is 0. The molecule has 0 radical (unpaired) electrons. The summed E-state index contributed by atoms with van der Waals surface area (Å²) in [6.07, 6.45) is 3.01. The molecule has 0 saturated carbocycles. The molecule has 0 fully saturated rings. The number of hydrogen-bond donors (Lipinski definition) is 1. The summed E-state index contributed by atoms with van der Waals surface area (Å²) in [4.78, 5) is 4.43. The molecule has 0 aliphatic heterocycles. The van der Waals surface area contributed by atoms with Gasteiger partial charge in [0.25, 0.3) is 0 Å². The van der Waals surface area contributed by atoms with Gasteiger partial charge in [-0.1, -0.05) is 31.2 Å². The van der Waals surface area contributed by atoms with Crippen LogP contribution < -0.4 is 5.32 Å². The number of nitrogens with zero attached hydrogens (tertiary/aromatic N) is 1. The zero-order valence-electron chi connectivity index (χ0n) is 12.9. The largest absolute Gasteiger partial charge is 0.310 e. The third-order valence-corrected chi connectivity index (χ3v) is 3.84. The molecule has 1 aromatic heterocycles. The van der Waals surface area contributed by atoms with Crippen LogP contribution in [0.1, 0.15) is 40.9 Å². The molecule has 0 aliphatic rings. The van der Waals surface area contributed by atoms with Gasteiger partial charge in [0, 0.05) is 17.9 Å². The molecule has 1 aromatic carbocycles. The molecule has 1 heterocycles. The third-order valence-electron chi connectivity index (χ3n) is 3.84. The highest BCUT2D eigenvalue weighted by Crippen LogP contribution is 2.22. The lowest BCUT2D eigenvalue weighted by molar-refractivity contribution is 0.546. The normalized spacial score (nSPS) is 12.4. The van der Waals surface area contributed by atoms with Crippen molar-refractivity contribution in [3.63, 3.8) is 0 Å². The first-order chi connectivity index (χ1) is 9.61. The molecule has 2 heteroatoms. The molecule has 2 rings (SSSR count). The van der Waals surface area contributed by atoms with E-state index in [-0.39, 0.29) is 0 Å². The fourth-order valence-electron chi connectivity index (χ4n) is 2.61. The van der Waals surface area contributed by atoms with Gasteiger partial charge in [0.05, 0.1) is 0 Å². The van der Waals surface area contributed by atoms with Crippen molar-refractivity contribution in [2.45, 2.75) is 40.2 Å². The highest BCUT2D eigenvalue weighted by atomic mass is 14.9. The number of rotatable bonds is 5. The minimum absolute atomic E-state index is 0.327. The molecule has 0 amide bonds. The van der Waals surface area contributed by atoms with Gasteiger partial charge in [-0.15, -0.1) is 0 Å². The number of nitrogens with one attached hydrogen (secondary N) is 1. The first kappa shape index (κ1) is 14.7. The number of benzene rings is 1. The van der Waals surface area contributed by atoms with E-state index in [4.69, 9.17) is 0 Å². The number of pyridine rings is 1. The van der Waals surface area contributed by atoms with Crippen LogP contribution in [-0.2, 0) is 6.42 Å². The molecular weight excluding hydrogens is 244 g/mol. The summed E-state index contributed by atoms with van der Waals surface area (Å²) in [5, 5.41) is 3.58. The summed E-state index contributed by atoms with van der Waals surface area (Å²) in [5.41, 5.74) is 6.51. The predicted octanol–water partition coefficient (Wildman–Crippen LogP) is 3.90. The lowest BCUT2D eigenvalue weighted by atomic mass is 9.93. The van der Waals surface area contributed by atoms with Crippen LogP contribution in [0.25, 0.3) is 0 Å². The summed E-state index contributed by atoms with van der Waals surface area (Å²) in [6.45, 7) is 9.53. The van der Waals surface area contributed by atoms with Crippen molar-refractivity contribution in [2.75, 3.05) is 6.54 Å². The molecule has 2 aromatic rings. The monoisotopic (exact) mass is 268 g/mol. The van der Waals surface area contributed by atoms with E-state index in [9.17, 15) is 0 Å². The van der Waals surface area contributed by atoms with Gasteiger partial charge >= 0.3 is 0 Å². The molecule has 0 bridgehead atoms. The highest BCUT2D eigenvalue weighted by Gasteiger charge is 2.14. The van der Waals surface area contributed by atoms with Gasteiger partial charge in [-0.25, -0.2) is 0 Å². The Morgan fingerprint density at radius 3 is 2.30 bits per heavy atom. The molecule has 106 valence electrons. The first-order valence-corrected chi connectivity index (χ1v) is 7.32. The van der Waals surface area contributed by atoms with Crippen LogP contribution in [0.4, 0.5) is 0 Å². The van der Waals surface area contributed by atoms with Crippen LogP contribution >= 0.6 is 0 Å². The Morgan fingerprint density at radius 2 is 1.75 bits per heavy atom. The maximum atomic E-state index is 4.43. The van der Waals surface area contributed by atoms with Crippen LogP contribution in [0.15, 0.2) is 36.5 Å². The van der Waals surface area contributed by atoms with Crippen LogP contribution in [0, 0.1) is 20.8 Å². The quantitative estimate of drug-likeness (QED) is 0.889. The van der Waals surface area contributed by atoms with Crippen molar-refractivity contribution in [1.29, 1.82) is 0 Å². The van der Waals surface area contributed by atoms with E-state index in [0.717, 1.165) is 18.7 Å². The average molecular weight is 268 g/mol. The molecule has 0 spiro atoms. The maximum Gasteiger partial charge on any atom is 0.0376 e. The number of aromatic nitrogens is 1. The van der Waals surface area contributed by atoms with Gasteiger partial charge in [0.1, 0.15) is 0 Å². The Labute approximate surface area is 122 Å². The first-order valence-electron chi connectivity index (χ1n) is 7.32. The van der Waals surface area contributed by atoms with Crippen LogP contribution in [-0.4, -0.2) is 11.5 Å². The third kappa shape index (κ3) is 3.45. The van der Waals surface area contributed by atoms with E-state index in [1.807, 2.05) is 13.1 Å². The maximum absolute atomic E-state index is 4.43. The van der Waals surface area contributed by atoms with E-state index in [2.05, 4.69) is 61.4 Å². The second-order valence-electron chi connectivity index (χ2n) is 5.42. The molecule has 20 heavy (non-hydrogen) atoms. The zero-order chi connectivity index (χ0) is 14.5. The van der Waals surface area contributed by atoms with E-state index in [1.54, 1.807) is 0 Å². The van der Waals surface area contributed by atoms with Crippen LogP contribution in [0.3, 0.4) is 0 Å². The summed E-state index contributed by atoms with van der Waals surface area (Å²) in [7, 11) is 0. The predicted molar refractivity (Wildman–Crippen MR) is 85.0 cm³/mol. The second-order valence-corrected chi connectivity index (χ2v) is 5.42. The van der Waals surface area contributed by atoms with Crippen molar-refractivity contribution in [3.05, 3.63) is 64.5 Å². The zero-order valence-corrected chi connectivity index (χ0v) is 12.9. The topological polar surface area (TPSA) is 24.9 Å². The Bertz CT molecular complexity index is 538. The van der Waals surface area contributed by atoms with E-state index < -0.39 is 0 Å².